The molecule has 0 spiro atoms. The lowest BCUT2D eigenvalue weighted by Gasteiger charge is -2.24. The highest BCUT2D eigenvalue weighted by molar-refractivity contribution is 5.85. The third kappa shape index (κ3) is 5.99. The molecule has 0 radical (unpaired) electrons. The van der Waals surface area contributed by atoms with Crippen LogP contribution in [-0.4, -0.2) is 99.4 Å². The van der Waals surface area contributed by atoms with E-state index in [9.17, 15) is 22.8 Å². The largest absolute Gasteiger partial charge is 0.490 e. The average Bonchev–Trinajstić information content (AvgIpc) is 3.48. The van der Waals surface area contributed by atoms with Crippen LogP contribution < -0.4 is 0 Å². The van der Waals surface area contributed by atoms with Gasteiger partial charge < -0.3 is 19.8 Å². The minimum atomic E-state index is -5.08. The number of carboxylic acids is 1. The minimum absolute atomic E-state index is 0.00580. The van der Waals surface area contributed by atoms with Crippen molar-refractivity contribution in [2.24, 2.45) is 18.9 Å². The zero-order chi connectivity index (χ0) is 23.5. The molecule has 178 valence electrons. The molecule has 1 aromatic heterocycles. The maximum atomic E-state index is 12.7. The SMILES string of the molecule is Cn1ccc(CC(=O)N2C[C@H]3CN(CCN4CCCC4)C(=O)[C@H]3C2)n1.O=C(O)C(F)(F)F. The maximum absolute atomic E-state index is 12.7. The number of alkyl halides is 3. The summed E-state index contributed by atoms with van der Waals surface area (Å²) < 4.78 is 33.4. The van der Waals surface area contributed by atoms with Gasteiger partial charge in [0.15, 0.2) is 0 Å². The van der Waals surface area contributed by atoms with Crippen LogP contribution in [-0.2, 0) is 27.9 Å². The van der Waals surface area contributed by atoms with Gasteiger partial charge in [-0.25, -0.2) is 4.79 Å². The predicted molar refractivity (Wildman–Crippen MR) is 106 cm³/mol. The zero-order valence-electron chi connectivity index (χ0n) is 17.9. The van der Waals surface area contributed by atoms with Crippen molar-refractivity contribution in [3.05, 3.63) is 18.0 Å². The Morgan fingerprint density at radius 1 is 1.16 bits per heavy atom. The third-order valence-corrected chi connectivity index (χ3v) is 6.11. The van der Waals surface area contributed by atoms with Gasteiger partial charge in [0.2, 0.25) is 11.8 Å². The fraction of sp³-hybridized carbons (Fsp3) is 0.700. The van der Waals surface area contributed by atoms with Crippen LogP contribution in [0, 0.1) is 11.8 Å². The first-order valence-electron chi connectivity index (χ1n) is 10.6. The van der Waals surface area contributed by atoms with Crippen LogP contribution >= 0.6 is 0 Å². The highest BCUT2D eigenvalue weighted by Crippen LogP contribution is 2.32. The van der Waals surface area contributed by atoms with Crippen molar-refractivity contribution in [1.82, 2.24) is 24.5 Å². The highest BCUT2D eigenvalue weighted by Gasteiger charge is 2.47. The Kier molecular flexibility index (Phi) is 7.42. The molecule has 32 heavy (non-hydrogen) atoms. The number of likely N-dealkylation sites (tertiary alicyclic amines) is 3. The number of aliphatic carboxylic acids is 1. The molecule has 3 saturated heterocycles. The summed E-state index contributed by atoms with van der Waals surface area (Å²) >= 11 is 0. The maximum Gasteiger partial charge on any atom is 0.490 e. The van der Waals surface area contributed by atoms with Crippen molar-refractivity contribution in [2.45, 2.75) is 25.4 Å². The van der Waals surface area contributed by atoms with Gasteiger partial charge in [0.1, 0.15) is 0 Å². The Bertz CT molecular complexity index is 837. The molecule has 4 rings (SSSR count). The number of carboxylic acid groups (broad SMARTS) is 1. The van der Waals surface area contributed by atoms with E-state index in [0.717, 1.165) is 25.3 Å². The normalized spacial score (nSPS) is 23.3. The Hall–Kier alpha value is -2.63. The summed E-state index contributed by atoms with van der Waals surface area (Å²) in [5.41, 5.74) is 0.795. The Balaban J connectivity index is 0.000000360. The standard InChI is InChI=1S/C18H27N5O2.C2HF3O2/c1-20-7-4-15(19-20)10-17(24)23-12-14-11-22(18(25)16(14)13-23)9-8-21-5-2-3-6-21;3-2(4,5)1(6)7/h4,7,14,16H,2-3,5-6,8-13H2,1H3;(H,6,7)/t14-,16+;/m1./s1. The number of halogens is 3. The second-order valence-corrected chi connectivity index (χ2v) is 8.46. The number of hydrogen-bond donors (Lipinski definition) is 1. The number of rotatable bonds is 5. The number of carbonyl (C=O) groups is 3. The van der Waals surface area contributed by atoms with Gasteiger partial charge in [-0.3, -0.25) is 14.3 Å². The summed E-state index contributed by atoms with van der Waals surface area (Å²) in [4.78, 5) is 40.4. The number of amides is 2. The highest BCUT2D eigenvalue weighted by atomic mass is 19.4. The van der Waals surface area contributed by atoms with E-state index < -0.39 is 12.1 Å². The third-order valence-electron chi connectivity index (χ3n) is 6.11. The molecular formula is C20H28F3N5O4. The van der Waals surface area contributed by atoms with E-state index in [-0.39, 0.29) is 17.7 Å². The average molecular weight is 459 g/mol. The monoisotopic (exact) mass is 459 g/mol. The fourth-order valence-electron chi connectivity index (χ4n) is 4.44. The molecule has 0 bridgehead atoms. The van der Waals surface area contributed by atoms with Crippen LogP contribution in [0.25, 0.3) is 0 Å². The molecule has 0 unspecified atom stereocenters. The van der Waals surface area contributed by atoms with E-state index >= 15 is 0 Å². The van der Waals surface area contributed by atoms with Crippen LogP contribution in [0.3, 0.4) is 0 Å². The van der Waals surface area contributed by atoms with Gasteiger partial charge >= 0.3 is 12.1 Å². The smallest absolute Gasteiger partial charge is 0.475 e. The number of aromatic nitrogens is 2. The van der Waals surface area contributed by atoms with Crippen molar-refractivity contribution in [2.75, 3.05) is 45.8 Å². The lowest BCUT2D eigenvalue weighted by molar-refractivity contribution is -0.192. The molecule has 1 aromatic rings. The predicted octanol–water partition coefficient (Wildman–Crippen LogP) is 0.609. The van der Waals surface area contributed by atoms with Crippen LogP contribution in [0.15, 0.2) is 12.3 Å². The molecule has 9 nitrogen and oxygen atoms in total. The lowest BCUT2D eigenvalue weighted by Crippen LogP contribution is -2.39. The second kappa shape index (κ2) is 9.88. The van der Waals surface area contributed by atoms with Crippen LogP contribution in [0.5, 0.6) is 0 Å². The molecule has 2 amide bonds. The molecule has 0 aromatic carbocycles. The zero-order valence-corrected chi connectivity index (χ0v) is 17.9. The van der Waals surface area contributed by atoms with E-state index in [1.807, 2.05) is 29.1 Å². The van der Waals surface area contributed by atoms with Gasteiger partial charge in [-0.2, -0.15) is 18.3 Å². The van der Waals surface area contributed by atoms with E-state index in [4.69, 9.17) is 9.90 Å². The van der Waals surface area contributed by atoms with Crippen LogP contribution in [0.2, 0.25) is 0 Å². The summed E-state index contributed by atoms with van der Waals surface area (Å²) in [6.45, 7) is 6.28. The van der Waals surface area contributed by atoms with E-state index in [2.05, 4.69) is 10.00 Å². The van der Waals surface area contributed by atoms with Gasteiger partial charge in [-0.15, -0.1) is 0 Å². The Morgan fingerprint density at radius 3 is 2.34 bits per heavy atom. The second-order valence-electron chi connectivity index (χ2n) is 8.46. The summed E-state index contributed by atoms with van der Waals surface area (Å²) in [5.74, 6) is -2.11. The minimum Gasteiger partial charge on any atom is -0.475 e. The van der Waals surface area contributed by atoms with Crippen LogP contribution in [0.4, 0.5) is 13.2 Å². The number of fused-ring (bicyclic) bond motifs is 1. The molecule has 4 heterocycles. The van der Waals surface area contributed by atoms with Crippen molar-refractivity contribution >= 4 is 17.8 Å². The summed E-state index contributed by atoms with van der Waals surface area (Å²) in [6.07, 6.45) is -0.338. The molecule has 3 aliphatic heterocycles. The van der Waals surface area contributed by atoms with Crippen molar-refractivity contribution in [3.63, 3.8) is 0 Å². The number of hydrogen-bond acceptors (Lipinski definition) is 5. The van der Waals surface area contributed by atoms with Crippen molar-refractivity contribution < 1.29 is 32.7 Å². The molecule has 3 aliphatic rings. The van der Waals surface area contributed by atoms with Gasteiger partial charge in [0.05, 0.1) is 18.0 Å². The number of carbonyl (C=O) groups excluding carboxylic acids is 2. The molecule has 2 atom stereocenters. The first kappa shape index (κ1) is 24.0. The van der Waals surface area contributed by atoms with Gasteiger partial charge in [0.25, 0.3) is 0 Å². The molecule has 0 aliphatic carbocycles. The summed E-state index contributed by atoms with van der Waals surface area (Å²) in [6, 6.07) is 1.88. The van der Waals surface area contributed by atoms with Crippen molar-refractivity contribution in [3.8, 4) is 0 Å². The number of aryl methyl sites for hydroxylation is 1. The molecule has 1 N–H and O–H groups in total. The molecule has 0 saturated carbocycles. The van der Waals surface area contributed by atoms with Gasteiger partial charge in [-0.05, 0) is 32.0 Å². The topological polar surface area (TPSA) is 99.0 Å². The first-order valence-corrected chi connectivity index (χ1v) is 10.6. The first-order chi connectivity index (χ1) is 15.0. The van der Waals surface area contributed by atoms with E-state index in [0.29, 0.717) is 25.4 Å². The van der Waals surface area contributed by atoms with E-state index in [1.54, 1.807) is 4.68 Å². The molecule has 3 fully saturated rings. The van der Waals surface area contributed by atoms with Gasteiger partial charge in [-0.1, -0.05) is 0 Å². The Labute approximate surface area is 183 Å². The Morgan fingerprint density at radius 2 is 1.81 bits per heavy atom. The fourth-order valence-corrected chi connectivity index (χ4v) is 4.44. The van der Waals surface area contributed by atoms with Crippen molar-refractivity contribution in [1.29, 1.82) is 0 Å². The van der Waals surface area contributed by atoms with Crippen LogP contribution in [0.1, 0.15) is 18.5 Å². The molecule has 12 heteroatoms. The van der Waals surface area contributed by atoms with Gasteiger partial charge in [0, 0.05) is 51.9 Å². The summed E-state index contributed by atoms with van der Waals surface area (Å²) in [5, 5.41) is 11.4. The van der Waals surface area contributed by atoms with E-state index in [1.165, 1.54) is 25.9 Å². The number of nitrogens with zero attached hydrogens (tertiary/aromatic N) is 5. The lowest BCUT2D eigenvalue weighted by atomic mass is 10.0. The quantitative estimate of drug-likeness (QED) is 0.693. The summed E-state index contributed by atoms with van der Waals surface area (Å²) in [7, 11) is 1.85. The molecular weight excluding hydrogens is 431 g/mol.